The Labute approximate surface area is 308 Å². The third kappa shape index (κ3) is 10.9. The molecule has 0 aliphatic carbocycles. The monoisotopic (exact) mass is 729 g/mol. The van der Waals surface area contributed by atoms with Crippen LogP contribution in [0.1, 0.15) is 79.0 Å². The molecule has 0 saturated carbocycles. The number of carbonyl (C=O) groups is 6. The van der Waals surface area contributed by atoms with Gasteiger partial charge in [-0.15, -0.1) is 0 Å². The molecule has 3 amide bonds. The van der Waals surface area contributed by atoms with E-state index in [-0.39, 0.29) is 31.3 Å². The SMILES string of the molecule is CCN(CC)CCNC(=O)c1c(C)[nH]c(/C=C2\C(=O)Nc3ccc(NC(=O)CCC(=O)O[C@@H](C)C(=O)O[C@@H](C)C(=O)OCc4ccccc4)cc32)c1C. The summed E-state index contributed by atoms with van der Waals surface area (Å²) in [4.78, 5) is 81.3. The number of ether oxygens (including phenoxy) is 3. The van der Waals surface area contributed by atoms with Crippen LogP contribution in [0, 0.1) is 13.8 Å². The second-order valence-corrected chi connectivity index (χ2v) is 12.6. The molecule has 0 unspecified atom stereocenters. The van der Waals surface area contributed by atoms with E-state index >= 15 is 0 Å². The zero-order valence-corrected chi connectivity index (χ0v) is 30.9. The number of amides is 3. The van der Waals surface area contributed by atoms with Gasteiger partial charge >= 0.3 is 17.9 Å². The van der Waals surface area contributed by atoms with Crippen molar-refractivity contribution < 1.29 is 43.0 Å². The molecule has 282 valence electrons. The fourth-order valence-corrected chi connectivity index (χ4v) is 5.68. The number of benzene rings is 2. The number of carbonyl (C=O) groups excluding carboxylic acids is 6. The Morgan fingerprint density at radius 1 is 0.906 bits per heavy atom. The maximum absolute atomic E-state index is 13.0. The van der Waals surface area contributed by atoms with Crippen LogP contribution in [0.5, 0.6) is 0 Å². The zero-order chi connectivity index (χ0) is 38.7. The van der Waals surface area contributed by atoms with Crippen LogP contribution in [0.3, 0.4) is 0 Å². The maximum Gasteiger partial charge on any atom is 0.347 e. The van der Waals surface area contributed by atoms with Crippen molar-refractivity contribution >= 4 is 58.7 Å². The summed E-state index contributed by atoms with van der Waals surface area (Å²) >= 11 is 0. The molecule has 1 aliphatic heterocycles. The highest BCUT2D eigenvalue weighted by Crippen LogP contribution is 2.36. The Morgan fingerprint density at radius 3 is 2.30 bits per heavy atom. The maximum atomic E-state index is 13.0. The van der Waals surface area contributed by atoms with Crippen molar-refractivity contribution in [2.45, 2.75) is 73.2 Å². The molecule has 14 nitrogen and oxygen atoms in total. The fraction of sp³-hybridized carbons (Fsp3) is 0.385. The lowest BCUT2D eigenvalue weighted by Gasteiger charge is -2.18. The predicted molar refractivity (Wildman–Crippen MR) is 199 cm³/mol. The molecule has 0 bridgehead atoms. The molecule has 0 spiro atoms. The topological polar surface area (TPSA) is 185 Å². The van der Waals surface area contributed by atoms with Crippen LogP contribution in [-0.4, -0.2) is 83.9 Å². The smallest absolute Gasteiger partial charge is 0.347 e. The van der Waals surface area contributed by atoms with Crippen LogP contribution in [-0.2, 0) is 44.8 Å². The van der Waals surface area contributed by atoms with Crippen LogP contribution in [0.4, 0.5) is 11.4 Å². The summed E-state index contributed by atoms with van der Waals surface area (Å²) in [6.07, 6.45) is -1.44. The third-order valence-electron chi connectivity index (χ3n) is 8.73. The quantitative estimate of drug-likeness (QED) is 0.0875. The average molecular weight is 730 g/mol. The Bertz CT molecular complexity index is 1860. The molecule has 14 heteroatoms. The molecule has 0 fully saturated rings. The normalized spacial score (nSPS) is 13.9. The molecule has 53 heavy (non-hydrogen) atoms. The van der Waals surface area contributed by atoms with Gasteiger partial charge < -0.3 is 40.0 Å². The van der Waals surface area contributed by atoms with Gasteiger partial charge in [-0.1, -0.05) is 44.2 Å². The van der Waals surface area contributed by atoms with Crippen LogP contribution < -0.4 is 16.0 Å². The number of aromatic amines is 1. The highest BCUT2D eigenvalue weighted by Gasteiger charge is 2.28. The highest BCUT2D eigenvalue weighted by molar-refractivity contribution is 6.35. The summed E-state index contributed by atoms with van der Waals surface area (Å²) in [6, 6.07) is 13.9. The van der Waals surface area contributed by atoms with Crippen molar-refractivity contribution in [2.24, 2.45) is 0 Å². The molecular weight excluding hydrogens is 682 g/mol. The van der Waals surface area contributed by atoms with E-state index in [0.29, 0.717) is 51.6 Å². The Kier molecular flexibility index (Phi) is 14.1. The minimum Gasteiger partial charge on any atom is -0.458 e. The van der Waals surface area contributed by atoms with Crippen LogP contribution >= 0.6 is 0 Å². The Morgan fingerprint density at radius 2 is 1.60 bits per heavy atom. The van der Waals surface area contributed by atoms with Gasteiger partial charge in [-0.2, -0.15) is 0 Å². The van der Waals surface area contributed by atoms with Gasteiger partial charge in [0.05, 0.1) is 17.6 Å². The number of hydrogen-bond donors (Lipinski definition) is 4. The first-order chi connectivity index (χ1) is 25.3. The Hall–Kier alpha value is -5.76. The van der Waals surface area contributed by atoms with E-state index in [9.17, 15) is 28.8 Å². The zero-order valence-electron chi connectivity index (χ0n) is 30.9. The lowest BCUT2D eigenvalue weighted by molar-refractivity contribution is -0.177. The summed E-state index contributed by atoms with van der Waals surface area (Å²) in [5, 5.41) is 8.52. The number of nitrogens with zero attached hydrogens (tertiary/aromatic N) is 1. The molecule has 1 aromatic heterocycles. The number of H-pyrrole nitrogens is 1. The van der Waals surface area contributed by atoms with Gasteiger partial charge in [0, 0.05) is 47.8 Å². The summed E-state index contributed by atoms with van der Waals surface area (Å²) in [6.45, 7) is 13.5. The number of hydrogen-bond acceptors (Lipinski definition) is 10. The molecule has 2 heterocycles. The number of nitrogens with one attached hydrogen (secondary N) is 4. The molecule has 2 aromatic carbocycles. The van der Waals surface area contributed by atoms with E-state index in [1.807, 2.05) is 13.0 Å². The van der Waals surface area contributed by atoms with Crippen molar-refractivity contribution in [3.8, 4) is 0 Å². The molecule has 1 aliphatic rings. The first-order valence-electron chi connectivity index (χ1n) is 17.6. The largest absolute Gasteiger partial charge is 0.458 e. The number of esters is 3. The van der Waals surface area contributed by atoms with Crippen molar-refractivity contribution in [3.05, 3.63) is 82.2 Å². The van der Waals surface area contributed by atoms with E-state index in [1.54, 1.807) is 55.5 Å². The van der Waals surface area contributed by atoms with Gasteiger partial charge in [0.25, 0.3) is 11.8 Å². The summed E-state index contributed by atoms with van der Waals surface area (Å²) in [5.41, 5.74) is 5.12. The first-order valence-corrected chi connectivity index (χ1v) is 17.6. The molecule has 0 saturated heterocycles. The van der Waals surface area contributed by atoms with Gasteiger partial charge in [-0.05, 0) is 76.2 Å². The van der Waals surface area contributed by atoms with E-state index < -0.39 is 36.0 Å². The molecule has 2 atom stereocenters. The number of rotatable bonds is 17. The molecular formula is C39H47N5O9. The summed E-state index contributed by atoms with van der Waals surface area (Å²) < 4.78 is 15.4. The van der Waals surface area contributed by atoms with Gasteiger partial charge in [0.2, 0.25) is 5.91 Å². The van der Waals surface area contributed by atoms with E-state index in [2.05, 4.69) is 39.7 Å². The number of likely N-dealkylation sites (N-methyl/N-ethyl adjacent to an activating group) is 1. The molecule has 0 radical (unpaired) electrons. The number of aromatic nitrogens is 1. The predicted octanol–water partition coefficient (Wildman–Crippen LogP) is 4.52. The van der Waals surface area contributed by atoms with Gasteiger partial charge in [-0.25, -0.2) is 9.59 Å². The lowest BCUT2D eigenvalue weighted by Crippen LogP contribution is -2.35. The van der Waals surface area contributed by atoms with Crippen molar-refractivity contribution in [3.63, 3.8) is 0 Å². The van der Waals surface area contributed by atoms with Crippen molar-refractivity contribution in [1.29, 1.82) is 0 Å². The van der Waals surface area contributed by atoms with E-state index in [0.717, 1.165) is 25.2 Å². The van der Waals surface area contributed by atoms with Gasteiger partial charge in [-0.3, -0.25) is 19.2 Å². The van der Waals surface area contributed by atoms with Crippen LogP contribution in [0.2, 0.25) is 0 Å². The fourth-order valence-electron chi connectivity index (χ4n) is 5.68. The number of anilines is 2. The molecule has 3 aromatic rings. The van der Waals surface area contributed by atoms with E-state index in [1.165, 1.54) is 13.8 Å². The van der Waals surface area contributed by atoms with Crippen LogP contribution in [0.25, 0.3) is 11.6 Å². The van der Waals surface area contributed by atoms with Gasteiger partial charge in [0.15, 0.2) is 12.2 Å². The average Bonchev–Trinajstić information content (AvgIpc) is 3.60. The van der Waals surface area contributed by atoms with Crippen LogP contribution in [0.15, 0.2) is 48.5 Å². The minimum atomic E-state index is -1.32. The summed E-state index contributed by atoms with van der Waals surface area (Å²) in [7, 11) is 0. The Balaban J connectivity index is 1.29. The van der Waals surface area contributed by atoms with Crippen molar-refractivity contribution in [1.82, 2.24) is 15.2 Å². The standard InChI is InChI=1S/C39H47N5O9/c1-7-44(8-2)19-18-40-37(48)35-23(3)32(41-24(35)4)21-30-29-20-28(14-15-31(29)43-36(30)47)42-33(45)16-17-34(46)52-26(6)39(50)53-25(5)38(49)51-22-27-12-10-9-11-13-27/h9-15,20-21,25-26,41H,7-8,16-19,22H2,1-6H3,(H,40,48)(H,42,45)(H,43,47)/b30-21-/t25-,26-/m0/s1. The second kappa shape index (κ2) is 18.6. The van der Waals surface area contributed by atoms with Crippen molar-refractivity contribution in [2.75, 3.05) is 36.8 Å². The third-order valence-corrected chi connectivity index (χ3v) is 8.73. The molecule has 4 rings (SSSR count). The van der Waals surface area contributed by atoms with Gasteiger partial charge in [0.1, 0.15) is 6.61 Å². The molecule has 4 N–H and O–H groups in total. The first kappa shape index (κ1) is 40.0. The number of aryl methyl sites for hydroxylation is 1. The van der Waals surface area contributed by atoms with E-state index in [4.69, 9.17) is 14.2 Å². The second-order valence-electron chi connectivity index (χ2n) is 12.6. The minimum absolute atomic E-state index is 0.0133. The lowest BCUT2D eigenvalue weighted by atomic mass is 10.0. The number of fused-ring (bicyclic) bond motifs is 1. The highest BCUT2D eigenvalue weighted by atomic mass is 16.6. The summed E-state index contributed by atoms with van der Waals surface area (Å²) in [5.74, 6) is -3.54.